The van der Waals surface area contributed by atoms with E-state index < -0.39 is 0 Å². The van der Waals surface area contributed by atoms with Gasteiger partial charge in [0.25, 0.3) is 0 Å². The third-order valence-electron chi connectivity index (χ3n) is 3.61. The minimum absolute atomic E-state index is 0.310. The van der Waals surface area contributed by atoms with Crippen molar-refractivity contribution in [2.45, 2.75) is 32.1 Å². The van der Waals surface area contributed by atoms with E-state index in [2.05, 4.69) is 58.7 Å². The molecule has 1 aliphatic heterocycles. The van der Waals surface area contributed by atoms with E-state index in [9.17, 15) is 0 Å². The van der Waals surface area contributed by atoms with Gasteiger partial charge in [-0.3, -0.25) is 4.40 Å². The number of nitrogens with zero attached hydrogens (tertiary/aromatic N) is 3. The van der Waals surface area contributed by atoms with E-state index in [-0.39, 0.29) is 0 Å². The van der Waals surface area contributed by atoms with Crippen LogP contribution in [0.4, 0.5) is 5.82 Å². The summed E-state index contributed by atoms with van der Waals surface area (Å²) in [5.41, 5.74) is 1.30. The number of fused-ring (bicyclic) bond motifs is 1. The van der Waals surface area contributed by atoms with Gasteiger partial charge in [-0.15, -0.1) is 11.3 Å². The van der Waals surface area contributed by atoms with Gasteiger partial charge in [0.1, 0.15) is 0 Å². The van der Waals surface area contributed by atoms with Crippen LogP contribution < -0.4 is 10.2 Å². The average molecular weight is 310 g/mol. The first-order chi connectivity index (χ1) is 9.61. The molecule has 1 fully saturated rings. The monoisotopic (exact) mass is 310 g/mol. The van der Waals surface area contributed by atoms with E-state index in [1.54, 1.807) is 11.3 Å². The molecule has 0 atom stereocenters. The fourth-order valence-corrected chi connectivity index (χ4v) is 4.52. The Morgan fingerprint density at radius 3 is 3.05 bits per heavy atom. The van der Waals surface area contributed by atoms with Gasteiger partial charge in [-0.25, -0.2) is 4.98 Å². The topological polar surface area (TPSA) is 32.6 Å². The van der Waals surface area contributed by atoms with Crippen LogP contribution in [0.2, 0.25) is 0 Å². The highest BCUT2D eigenvalue weighted by atomic mass is 32.2. The first-order valence-corrected chi connectivity index (χ1v) is 9.01. The Hall–Kier alpha value is -0.720. The lowest BCUT2D eigenvalue weighted by molar-refractivity contribution is 0.635. The maximum absolute atomic E-state index is 4.87. The van der Waals surface area contributed by atoms with Crippen molar-refractivity contribution >= 4 is 33.9 Å². The van der Waals surface area contributed by atoms with Crippen LogP contribution in [-0.4, -0.2) is 39.5 Å². The Morgan fingerprint density at radius 1 is 1.45 bits per heavy atom. The summed E-state index contributed by atoms with van der Waals surface area (Å²) in [5.74, 6) is 2.35. The van der Waals surface area contributed by atoms with Gasteiger partial charge in [0.15, 0.2) is 10.8 Å². The van der Waals surface area contributed by atoms with Crippen molar-refractivity contribution in [1.82, 2.24) is 14.7 Å². The second-order valence-electron chi connectivity index (χ2n) is 5.75. The number of aromatic nitrogens is 2. The molecule has 4 nitrogen and oxygen atoms in total. The molecule has 110 valence electrons. The minimum atomic E-state index is 0.310. The maximum atomic E-state index is 4.87. The molecule has 3 rings (SSSR count). The molecule has 6 heteroatoms. The van der Waals surface area contributed by atoms with Crippen LogP contribution >= 0.6 is 23.1 Å². The normalized spacial score (nSPS) is 18.9. The second-order valence-corrected chi connectivity index (χ2v) is 8.42. The minimum Gasteiger partial charge on any atom is -0.353 e. The molecule has 0 amide bonds. The van der Waals surface area contributed by atoms with Gasteiger partial charge in [0.2, 0.25) is 0 Å². The molecule has 0 unspecified atom stereocenters. The van der Waals surface area contributed by atoms with Crippen molar-refractivity contribution in [3.05, 3.63) is 17.3 Å². The Balaban J connectivity index is 1.95. The molecule has 0 bridgehead atoms. The molecule has 1 saturated heterocycles. The van der Waals surface area contributed by atoms with Gasteiger partial charge in [-0.2, -0.15) is 11.8 Å². The molecule has 0 saturated carbocycles. The highest BCUT2D eigenvalue weighted by Gasteiger charge is 2.30. The molecular weight excluding hydrogens is 288 g/mol. The Kier molecular flexibility index (Phi) is 3.97. The zero-order valence-corrected chi connectivity index (χ0v) is 14.0. The van der Waals surface area contributed by atoms with E-state index in [0.717, 1.165) is 31.1 Å². The third-order valence-corrected chi connectivity index (χ3v) is 5.66. The number of thioether (sulfide) groups is 1. The molecule has 1 N–H and O–H groups in total. The predicted molar refractivity (Wildman–Crippen MR) is 89.2 cm³/mol. The lowest BCUT2D eigenvalue weighted by Crippen LogP contribution is -2.43. The van der Waals surface area contributed by atoms with E-state index in [0.29, 0.717) is 4.75 Å². The standard InChI is InChI=1S/C14H22N4S2/c1-4-15-9-11-12(16-13-18(11)6-7-19-13)17-5-8-20-14(2,3)10-17/h6-7,15H,4-5,8-10H2,1-3H3. The molecule has 0 aromatic carbocycles. The maximum Gasteiger partial charge on any atom is 0.195 e. The Morgan fingerprint density at radius 2 is 2.30 bits per heavy atom. The largest absolute Gasteiger partial charge is 0.353 e. The van der Waals surface area contributed by atoms with Gasteiger partial charge in [0, 0.05) is 41.7 Å². The molecule has 3 heterocycles. The first-order valence-electron chi connectivity index (χ1n) is 7.15. The van der Waals surface area contributed by atoms with Gasteiger partial charge < -0.3 is 10.2 Å². The summed E-state index contributed by atoms with van der Waals surface area (Å²) in [4.78, 5) is 8.44. The van der Waals surface area contributed by atoms with Crippen molar-refractivity contribution in [2.24, 2.45) is 0 Å². The molecule has 2 aromatic heterocycles. The number of imidazole rings is 1. The smallest absolute Gasteiger partial charge is 0.195 e. The summed E-state index contributed by atoms with van der Waals surface area (Å²) in [5, 5.41) is 5.55. The number of anilines is 1. The van der Waals surface area contributed by atoms with Crippen molar-refractivity contribution < 1.29 is 0 Å². The van der Waals surface area contributed by atoms with Crippen molar-refractivity contribution in [2.75, 3.05) is 30.3 Å². The molecular formula is C14H22N4S2. The van der Waals surface area contributed by atoms with Crippen LogP contribution in [0.1, 0.15) is 26.5 Å². The molecule has 20 heavy (non-hydrogen) atoms. The number of nitrogens with one attached hydrogen (secondary N) is 1. The zero-order chi connectivity index (χ0) is 14.2. The van der Waals surface area contributed by atoms with Crippen LogP contribution in [0.3, 0.4) is 0 Å². The quantitative estimate of drug-likeness (QED) is 0.941. The SMILES string of the molecule is CCNCc1c(N2CCSC(C)(C)C2)nc2sccn12. The highest BCUT2D eigenvalue weighted by Crippen LogP contribution is 2.34. The summed E-state index contributed by atoms with van der Waals surface area (Å²) < 4.78 is 2.54. The van der Waals surface area contributed by atoms with Gasteiger partial charge in [-0.05, 0) is 20.4 Å². The van der Waals surface area contributed by atoms with Crippen LogP contribution in [-0.2, 0) is 6.54 Å². The van der Waals surface area contributed by atoms with Crippen LogP contribution in [0.15, 0.2) is 11.6 Å². The lowest BCUT2D eigenvalue weighted by Gasteiger charge is -2.38. The Labute approximate surface area is 128 Å². The summed E-state index contributed by atoms with van der Waals surface area (Å²) >= 11 is 3.77. The highest BCUT2D eigenvalue weighted by molar-refractivity contribution is 8.00. The summed E-state index contributed by atoms with van der Waals surface area (Å²) in [7, 11) is 0. The third kappa shape index (κ3) is 2.69. The molecule has 1 aliphatic rings. The van der Waals surface area contributed by atoms with Crippen LogP contribution in [0, 0.1) is 0 Å². The zero-order valence-electron chi connectivity index (χ0n) is 12.3. The fraction of sp³-hybridized carbons (Fsp3) is 0.643. The number of thiazole rings is 1. The molecule has 0 aliphatic carbocycles. The van der Waals surface area contributed by atoms with E-state index in [1.165, 1.54) is 17.3 Å². The number of rotatable bonds is 4. The van der Waals surface area contributed by atoms with Crippen molar-refractivity contribution in [3.63, 3.8) is 0 Å². The lowest BCUT2D eigenvalue weighted by atomic mass is 10.2. The summed E-state index contributed by atoms with van der Waals surface area (Å²) in [6.07, 6.45) is 2.13. The number of hydrogen-bond acceptors (Lipinski definition) is 5. The van der Waals surface area contributed by atoms with E-state index in [1.807, 2.05) is 0 Å². The second kappa shape index (κ2) is 5.58. The van der Waals surface area contributed by atoms with Crippen molar-refractivity contribution in [3.8, 4) is 0 Å². The van der Waals surface area contributed by atoms with E-state index in [4.69, 9.17) is 4.98 Å². The first kappa shape index (κ1) is 14.2. The summed E-state index contributed by atoms with van der Waals surface area (Å²) in [6, 6.07) is 0. The Bertz CT molecular complexity index is 587. The predicted octanol–water partition coefficient (Wildman–Crippen LogP) is 2.84. The van der Waals surface area contributed by atoms with Crippen LogP contribution in [0.5, 0.6) is 0 Å². The van der Waals surface area contributed by atoms with Crippen molar-refractivity contribution in [1.29, 1.82) is 0 Å². The van der Waals surface area contributed by atoms with Gasteiger partial charge in [0.05, 0.1) is 5.69 Å². The van der Waals surface area contributed by atoms with Gasteiger partial charge in [-0.1, -0.05) is 6.92 Å². The average Bonchev–Trinajstić information content (AvgIpc) is 2.96. The molecule has 0 spiro atoms. The van der Waals surface area contributed by atoms with Gasteiger partial charge >= 0.3 is 0 Å². The van der Waals surface area contributed by atoms with Crippen LogP contribution in [0.25, 0.3) is 4.96 Å². The summed E-state index contributed by atoms with van der Waals surface area (Å²) in [6.45, 7) is 10.8. The molecule has 0 radical (unpaired) electrons. The fourth-order valence-electron chi connectivity index (χ4n) is 2.68. The number of hydrogen-bond donors (Lipinski definition) is 1. The van der Waals surface area contributed by atoms with E-state index >= 15 is 0 Å². The molecule has 2 aromatic rings.